The molecular weight excluding hydrogens is 1720 g/mol. The zero-order valence-electron chi connectivity index (χ0n) is 78.6. The van der Waals surface area contributed by atoms with E-state index in [1.807, 2.05) is 48.5 Å². The Morgan fingerprint density at radius 1 is 0.282 bits per heavy atom. The van der Waals surface area contributed by atoms with Gasteiger partial charge in [0.1, 0.15) is 29.9 Å². The predicted molar refractivity (Wildman–Crippen MR) is 478 cm³/mol. The smallest absolute Gasteiger partial charge is 0.407 e. The van der Waals surface area contributed by atoms with Gasteiger partial charge in [0.25, 0.3) is 0 Å². The van der Waals surface area contributed by atoms with Crippen LogP contribution in [0.4, 0.5) is 14.4 Å². The number of fused-ring (bicyclic) bond motifs is 3. The number of carboxylic acid groups (broad SMARTS) is 1. The summed E-state index contributed by atoms with van der Waals surface area (Å²) in [7, 11) is 0. The molecule has 131 heavy (non-hydrogen) atoms. The molecular formula is C90H156N6O35. The minimum Gasteiger partial charge on any atom is -0.480 e. The number of carbonyl (C=O) groups excluding carboxylic acids is 6. The summed E-state index contributed by atoms with van der Waals surface area (Å²) in [4.78, 5) is 87.9. The number of benzene rings is 2. The van der Waals surface area contributed by atoms with Crippen molar-refractivity contribution >= 4 is 42.0 Å². The molecule has 1 aliphatic rings. The third kappa shape index (κ3) is 73.2. The summed E-state index contributed by atoms with van der Waals surface area (Å²) in [5.41, 5.74) is 3.10. The lowest BCUT2D eigenvalue weighted by molar-refractivity contribution is -0.139. The monoisotopic (exact) mass is 1880 g/mol. The molecule has 41 nitrogen and oxygen atoms in total. The van der Waals surface area contributed by atoms with Crippen LogP contribution in [-0.4, -0.2) is 420 Å². The second kappa shape index (κ2) is 83.7. The van der Waals surface area contributed by atoms with E-state index in [2.05, 4.69) is 31.9 Å². The first-order valence-corrected chi connectivity index (χ1v) is 45.8. The molecule has 0 saturated heterocycles. The Morgan fingerprint density at radius 2 is 0.542 bits per heavy atom. The van der Waals surface area contributed by atoms with E-state index in [1.54, 1.807) is 41.5 Å². The van der Waals surface area contributed by atoms with Crippen LogP contribution in [0.5, 0.6) is 0 Å². The van der Waals surface area contributed by atoms with Gasteiger partial charge >= 0.3 is 24.2 Å². The molecule has 2 aromatic carbocycles. The van der Waals surface area contributed by atoms with Gasteiger partial charge in [0.15, 0.2) is 0 Å². The van der Waals surface area contributed by atoms with Crippen LogP contribution in [0.3, 0.4) is 0 Å². The topological polar surface area (TPSA) is 461 Å². The summed E-state index contributed by atoms with van der Waals surface area (Å²) >= 11 is 0. The molecule has 7 N–H and O–H groups in total. The maximum Gasteiger partial charge on any atom is 0.407 e. The molecule has 0 aromatic heterocycles. The Morgan fingerprint density at radius 3 is 0.832 bits per heavy atom. The summed E-state index contributed by atoms with van der Waals surface area (Å²) in [6, 6.07) is 13.6. The molecule has 41 heteroatoms. The maximum absolute atomic E-state index is 13.6. The van der Waals surface area contributed by atoms with E-state index in [0.717, 1.165) is 22.3 Å². The molecule has 2 atom stereocenters. The van der Waals surface area contributed by atoms with E-state index in [9.17, 15) is 38.7 Å². The minimum absolute atomic E-state index is 0.0257. The molecule has 3 rings (SSSR count). The van der Waals surface area contributed by atoms with E-state index in [-0.39, 0.29) is 90.2 Å². The fraction of sp³-hybridized carbons (Fsp3) is 0.789. The zero-order valence-corrected chi connectivity index (χ0v) is 78.6. The third-order valence-corrected chi connectivity index (χ3v) is 17.8. The quantitative estimate of drug-likeness (QED) is 0.0343. The fourth-order valence-electron chi connectivity index (χ4n) is 11.5. The van der Waals surface area contributed by atoms with Gasteiger partial charge in [0.05, 0.1) is 317 Å². The van der Waals surface area contributed by atoms with Crippen LogP contribution in [-0.2, 0) is 147 Å². The zero-order chi connectivity index (χ0) is 94.5. The molecule has 0 bridgehead atoms. The van der Waals surface area contributed by atoms with Crippen molar-refractivity contribution in [1.82, 2.24) is 31.9 Å². The summed E-state index contributed by atoms with van der Waals surface area (Å²) in [5, 5.41) is 26.2. The lowest BCUT2D eigenvalue weighted by Crippen LogP contribution is -2.47. The average molecular weight is 1880 g/mol. The molecule has 0 saturated carbocycles. The van der Waals surface area contributed by atoms with E-state index in [0.29, 0.717) is 316 Å². The van der Waals surface area contributed by atoms with Crippen molar-refractivity contribution in [2.75, 3.05) is 350 Å². The molecule has 0 fully saturated rings. The summed E-state index contributed by atoms with van der Waals surface area (Å²) in [6.07, 6.45) is -0.414. The lowest BCUT2D eigenvalue weighted by atomic mass is 9.98. The summed E-state index contributed by atoms with van der Waals surface area (Å²) in [6.45, 7) is 30.8. The van der Waals surface area contributed by atoms with Crippen LogP contribution in [0, 0.1) is 0 Å². The lowest BCUT2D eigenvalue weighted by Gasteiger charge is -2.19. The van der Waals surface area contributed by atoms with Crippen LogP contribution in [0.1, 0.15) is 104 Å². The van der Waals surface area contributed by atoms with E-state index in [4.69, 9.17) is 128 Å². The fourth-order valence-corrected chi connectivity index (χ4v) is 11.5. The average Bonchev–Trinajstić information content (AvgIpc) is 1.62. The SMILES string of the molecule is CC(C)(C)OC(=O)NCCOCCOCCOCCOCCOCCOCCOCCOCCOCCOCCOCCOCCC(=O)NCCC[C@H](NC(=O)CCOCCOCCOCCOCCOCCOCCOCCOCCOCCOCCOCCOCCNC(=O)OC(C)(C)C)C(=O)NCCCC[C@H](NC(=O)OCC1c2ccccc2-c2ccccc21)C(=O)O. The predicted octanol–water partition coefficient (Wildman–Crippen LogP) is 4.87. The normalized spacial score (nSPS) is 12.5. The van der Waals surface area contributed by atoms with Crippen molar-refractivity contribution < 1.29 is 167 Å². The Hall–Kier alpha value is -6.83. The number of hydrogen-bond donors (Lipinski definition) is 7. The van der Waals surface area contributed by atoms with Crippen molar-refractivity contribution in [2.24, 2.45) is 0 Å². The standard InChI is InChI=1S/C90H156N6O35/c1-89(2,3)130-86(102)93-24-28-107-32-36-111-40-44-115-48-52-119-56-60-123-64-68-127-72-70-125-66-62-121-58-54-117-50-46-113-42-38-109-34-30-105-26-20-82(97)91-23-13-19-80(84(99)92-22-12-11-18-81(85(100)101)96-88(104)129-74-79-77-16-9-7-14-75(77)76-15-8-10-17-78(76)79)95-83(98)21-27-106-31-35-110-39-43-114-47-51-118-55-59-122-63-67-126-71-73-128-69-65-124-61-57-120-53-49-116-45-41-112-37-33-108-29-25-94-87(103)131-90(4,5)6/h7-10,14-17,79-81H,11-13,18-74H2,1-6H3,(H,91,97)(H,92,99)(H,93,102)(H,94,103)(H,95,98)(H,96,104)(H,100,101)/t80-,81-/m0/s1. The molecule has 0 unspecified atom stereocenters. The van der Waals surface area contributed by atoms with Crippen molar-refractivity contribution in [1.29, 1.82) is 0 Å². The highest BCUT2D eigenvalue weighted by Crippen LogP contribution is 2.44. The number of rotatable bonds is 93. The molecule has 0 radical (unpaired) electrons. The molecule has 2 aromatic rings. The minimum atomic E-state index is -1.23. The number of alkyl carbamates (subject to hydrolysis) is 3. The number of carboxylic acids is 1. The van der Waals surface area contributed by atoms with Gasteiger partial charge in [-0.1, -0.05) is 48.5 Å². The highest BCUT2D eigenvalue weighted by Gasteiger charge is 2.31. The molecule has 6 amide bonds. The first-order chi connectivity index (χ1) is 63.8. The van der Waals surface area contributed by atoms with Gasteiger partial charge < -0.3 is 165 Å². The second-order valence-corrected chi connectivity index (χ2v) is 30.8. The number of nitrogens with one attached hydrogen (secondary N) is 6. The van der Waals surface area contributed by atoms with Gasteiger partial charge in [-0.25, -0.2) is 19.2 Å². The van der Waals surface area contributed by atoms with Crippen LogP contribution >= 0.6 is 0 Å². The van der Waals surface area contributed by atoms with Gasteiger partial charge in [-0.05, 0) is 95.9 Å². The van der Waals surface area contributed by atoms with E-state index < -0.39 is 59.3 Å². The Balaban J connectivity index is 1.13. The number of unbranched alkanes of at least 4 members (excludes halogenated alkanes) is 1. The van der Waals surface area contributed by atoms with Crippen LogP contribution in [0.15, 0.2) is 48.5 Å². The number of aliphatic carboxylic acids is 1. The first-order valence-electron chi connectivity index (χ1n) is 45.8. The first kappa shape index (κ1) is 118. The maximum atomic E-state index is 13.6. The summed E-state index contributed by atoms with van der Waals surface area (Å²) in [5.74, 6) is -2.55. The Labute approximate surface area is 773 Å². The molecule has 0 spiro atoms. The number of ether oxygens (including phenoxy) is 27. The van der Waals surface area contributed by atoms with Crippen molar-refractivity contribution in [3.8, 4) is 11.1 Å². The Kier molecular flexibility index (Phi) is 75.6. The van der Waals surface area contributed by atoms with Crippen LogP contribution in [0.25, 0.3) is 11.1 Å². The highest BCUT2D eigenvalue weighted by atomic mass is 16.6. The van der Waals surface area contributed by atoms with Crippen LogP contribution in [0.2, 0.25) is 0 Å². The van der Waals surface area contributed by atoms with Crippen molar-refractivity contribution in [3.05, 3.63) is 59.7 Å². The Bertz CT molecular complexity index is 3070. The number of hydrogen-bond acceptors (Lipinski definition) is 34. The number of carbonyl (C=O) groups is 7. The second-order valence-electron chi connectivity index (χ2n) is 30.8. The van der Waals surface area contributed by atoms with Crippen molar-refractivity contribution in [3.63, 3.8) is 0 Å². The molecule has 0 heterocycles. The molecule has 0 aliphatic heterocycles. The third-order valence-electron chi connectivity index (χ3n) is 17.8. The van der Waals surface area contributed by atoms with Gasteiger partial charge in [-0.15, -0.1) is 0 Å². The van der Waals surface area contributed by atoms with Gasteiger partial charge in [0, 0.05) is 44.9 Å². The molecule has 1 aliphatic carbocycles. The van der Waals surface area contributed by atoms with Gasteiger partial charge in [-0.2, -0.15) is 0 Å². The highest BCUT2D eigenvalue weighted by molar-refractivity contribution is 5.87. The summed E-state index contributed by atoms with van der Waals surface area (Å²) < 4.78 is 149. The largest absolute Gasteiger partial charge is 0.480 e. The van der Waals surface area contributed by atoms with E-state index in [1.165, 1.54) is 0 Å². The van der Waals surface area contributed by atoms with Gasteiger partial charge in [-0.3, -0.25) is 14.4 Å². The van der Waals surface area contributed by atoms with Crippen molar-refractivity contribution in [2.45, 2.75) is 116 Å². The van der Waals surface area contributed by atoms with Gasteiger partial charge in [0.2, 0.25) is 17.7 Å². The number of amides is 6. The van der Waals surface area contributed by atoms with E-state index >= 15 is 0 Å². The molecule has 756 valence electrons. The van der Waals surface area contributed by atoms with Crippen LogP contribution < -0.4 is 31.9 Å².